The normalized spacial score (nSPS) is 14.7. The number of methoxy groups -OCH3 is 1. The van der Waals surface area contributed by atoms with Gasteiger partial charge in [-0.3, -0.25) is 0 Å². The molecule has 3 rings (SSSR count). The molecule has 31 heavy (non-hydrogen) atoms. The summed E-state index contributed by atoms with van der Waals surface area (Å²) >= 11 is 0. The zero-order valence-electron chi connectivity index (χ0n) is 17.6. The Morgan fingerprint density at radius 3 is 2.29 bits per heavy atom. The van der Waals surface area contributed by atoms with E-state index in [0.29, 0.717) is 12.4 Å². The van der Waals surface area contributed by atoms with Crippen LogP contribution in [0.3, 0.4) is 0 Å². The fourth-order valence-corrected chi connectivity index (χ4v) is 3.94. The molecule has 0 saturated heterocycles. The van der Waals surface area contributed by atoms with Crippen molar-refractivity contribution < 1.29 is 22.6 Å². The molecule has 3 aromatic rings. The van der Waals surface area contributed by atoms with Crippen LogP contribution in [-0.4, -0.2) is 23.7 Å². The van der Waals surface area contributed by atoms with Crippen molar-refractivity contribution in [3.8, 4) is 5.75 Å². The molecule has 0 aliphatic heterocycles. The molecule has 0 radical (unpaired) electrons. The lowest BCUT2D eigenvalue weighted by Crippen LogP contribution is -2.30. The van der Waals surface area contributed by atoms with E-state index in [4.69, 9.17) is 9.47 Å². The van der Waals surface area contributed by atoms with Crippen molar-refractivity contribution in [2.75, 3.05) is 13.7 Å². The van der Waals surface area contributed by atoms with Gasteiger partial charge < -0.3 is 14.5 Å². The van der Waals surface area contributed by atoms with Crippen molar-refractivity contribution in [3.63, 3.8) is 0 Å². The number of nitrogens with zero attached hydrogens (tertiary/aromatic N) is 1. The molecule has 3 unspecified atom stereocenters. The third-order valence-electron chi connectivity index (χ3n) is 5.46. The van der Waals surface area contributed by atoms with Gasteiger partial charge in [-0.2, -0.15) is 13.2 Å². The van der Waals surface area contributed by atoms with Crippen LogP contribution in [0.4, 0.5) is 13.2 Å². The summed E-state index contributed by atoms with van der Waals surface area (Å²) in [5.74, 6) is 0.584. The molecule has 1 heterocycles. The Balaban J connectivity index is 1.91. The molecule has 0 aliphatic carbocycles. The van der Waals surface area contributed by atoms with Crippen LogP contribution in [0.25, 0.3) is 0 Å². The first kappa shape index (κ1) is 22.9. The van der Waals surface area contributed by atoms with Crippen molar-refractivity contribution in [1.82, 2.24) is 9.97 Å². The minimum absolute atomic E-state index is 0.0629. The van der Waals surface area contributed by atoms with Gasteiger partial charge in [0.2, 0.25) is 0 Å². The number of ether oxygens (including phenoxy) is 2. The van der Waals surface area contributed by atoms with E-state index < -0.39 is 11.7 Å². The molecule has 7 heteroatoms. The molecule has 0 amide bonds. The molecule has 1 N–H and O–H groups in total. The molecular formula is C24H27F3N2O2. The van der Waals surface area contributed by atoms with Crippen LogP contribution < -0.4 is 4.74 Å². The molecule has 0 saturated carbocycles. The highest BCUT2D eigenvalue weighted by molar-refractivity contribution is 5.30. The number of hydrogen-bond donors (Lipinski definition) is 1. The van der Waals surface area contributed by atoms with Gasteiger partial charge >= 0.3 is 6.18 Å². The van der Waals surface area contributed by atoms with Crippen LogP contribution in [-0.2, 0) is 17.3 Å². The summed E-state index contributed by atoms with van der Waals surface area (Å²) in [6, 6.07) is 14.6. The number of rotatable bonds is 10. The Morgan fingerprint density at radius 1 is 1.03 bits per heavy atom. The van der Waals surface area contributed by atoms with Gasteiger partial charge in [0.25, 0.3) is 0 Å². The molecule has 0 fully saturated rings. The SMILES string of the molecule is CCC(C(COC)Cc1cnc[nH]1)C(Oc1ccc(C(F)(F)F)cc1)c1ccccc1. The predicted molar refractivity (Wildman–Crippen MR) is 113 cm³/mol. The van der Waals surface area contributed by atoms with Gasteiger partial charge in [0.05, 0.1) is 11.9 Å². The first-order valence-electron chi connectivity index (χ1n) is 10.3. The van der Waals surface area contributed by atoms with E-state index in [-0.39, 0.29) is 17.9 Å². The number of aromatic amines is 1. The zero-order chi connectivity index (χ0) is 22.3. The molecule has 1 aromatic heterocycles. The van der Waals surface area contributed by atoms with Crippen molar-refractivity contribution in [2.45, 2.75) is 32.0 Å². The number of benzene rings is 2. The van der Waals surface area contributed by atoms with E-state index in [1.54, 1.807) is 19.6 Å². The first-order valence-corrected chi connectivity index (χ1v) is 10.3. The number of nitrogens with one attached hydrogen (secondary N) is 1. The van der Waals surface area contributed by atoms with E-state index in [9.17, 15) is 13.2 Å². The van der Waals surface area contributed by atoms with Gasteiger partial charge in [-0.15, -0.1) is 0 Å². The van der Waals surface area contributed by atoms with Crippen molar-refractivity contribution >= 4 is 0 Å². The van der Waals surface area contributed by atoms with Gasteiger partial charge in [0, 0.05) is 31.5 Å². The number of aromatic nitrogens is 2. The second-order valence-corrected chi connectivity index (χ2v) is 7.54. The largest absolute Gasteiger partial charge is 0.485 e. The summed E-state index contributed by atoms with van der Waals surface area (Å²) in [6.45, 7) is 2.61. The second kappa shape index (κ2) is 10.5. The van der Waals surface area contributed by atoms with Gasteiger partial charge in [-0.25, -0.2) is 4.98 Å². The number of halogens is 3. The van der Waals surface area contributed by atoms with Crippen molar-refractivity contribution in [3.05, 3.63) is 83.9 Å². The van der Waals surface area contributed by atoms with Gasteiger partial charge in [-0.1, -0.05) is 37.3 Å². The topological polar surface area (TPSA) is 47.1 Å². The van der Waals surface area contributed by atoms with Gasteiger partial charge in [-0.05, 0) is 48.6 Å². The molecule has 0 spiro atoms. The number of hydrogen-bond acceptors (Lipinski definition) is 3. The Bertz CT molecular complexity index is 897. The average molecular weight is 432 g/mol. The molecule has 3 atom stereocenters. The van der Waals surface area contributed by atoms with Crippen LogP contribution in [0.1, 0.15) is 36.3 Å². The predicted octanol–water partition coefficient (Wildman–Crippen LogP) is 6.08. The Kier molecular flexibility index (Phi) is 7.74. The molecule has 166 valence electrons. The summed E-state index contributed by atoms with van der Waals surface area (Å²) in [4.78, 5) is 7.24. The Labute approximate surface area is 180 Å². The lowest BCUT2D eigenvalue weighted by atomic mass is 9.80. The lowest BCUT2D eigenvalue weighted by Gasteiger charge is -2.33. The average Bonchev–Trinajstić information content (AvgIpc) is 3.27. The highest BCUT2D eigenvalue weighted by atomic mass is 19.4. The smallest absolute Gasteiger partial charge is 0.416 e. The lowest BCUT2D eigenvalue weighted by molar-refractivity contribution is -0.137. The zero-order valence-corrected chi connectivity index (χ0v) is 17.6. The van der Waals surface area contributed by atoms with Crippen LogP contribution in [0, 0.1) is 11.8 Å². The minimum atomic E-state index is -4.38. The summed E-state index contributed by atoms with van der Waals surface area (Å²) in [5.41, 5.74) is 1.28. The van der Waals surface area contributed by atoms with Crippen LogP contribution in [0.5, 0.6) is 5.75 Å². The van der Waals surface area contributed by atoms with E-state index >= 15 is 0 Å². The Morgan fingerprint density at radius 2 is 1.74 bits per heavy atom. The fraction of sp³-hybridized carbons (Fsp3) is 0.375. The number of H-pyrrole nitrogens is 1. The fourth-order valence-electron chi connectivity index (χ4n) is 3.94. The maximum absolute atomic E-state index is 12.9. The summed E-state index contributed by atoms with van der Waals surface area (Å²) in [7, 11) is 1.67. The molecular weight excluding hydrogens is 405 g/mol. The number of imidazole rings is 1. The van der Waals surface area contributed by atoms with Crippen LogP contribution >= 0.6 is 0 Å². The maximum atomic E-state index is 12.9. The standard InChI is InChI=1S/C24H27F3N2O2/c1-3-22(18(15-30-2)13-20-14-28-16-29-20)23(17-7-5-4-6-8-17)31-21-11-9-19(10-12-21)24(25,26)27/h4-12,14,16,18,22-23H,3,13,15H2,1-2H3,(H,28,29). The quantitative estimate of drug-likeness (QED) is 0.422. The highest BCUT2D eigenvalue weighted by Crippen LogP contribution is 2.37. The third-order valence-corrected chi connectivity index (χ3v) is 5.46. The Hall–Kier alpha value is -2.80. The maximum Gasteiger partial charge on any atom is 0.416 e. The van der Waals surface area contributed by atoms with Crippen LogP contribution in [0.2, 0.25) is 0 Å². The van der Waals surface area contributed by atoms with Gasteiger partial charge in [0.1, 0.15) is 11.9 Å². The summed E-state index contributed by atoms with van der Waals surface area (Å²) < 4.78 is 50.6. The second-order valence-electron chi connectivity index (χ2n) is 7.54. The summed E-state index contributed by atoms with van der Waals surface area (Å²) in [5, 5.41) is 0. The van der Waals surface area contributed by atoms with Gasteiger partial charge in [0.15, 0.2) is 0 Å². The highest BCUT2D eigenvalue weighted by Gasteiger charge is 2.33. The number of alkyl halides is 3. The molecule has 0 aliphatic rings. The van der Waals surface area contributed by atoms with E-state index in [2.05, 4.69) is 16.9 Å². The monoisotopic (exact) mass is 432 g/mol. The molecule has 0 bridgehead atoms. The van der Waals surface area contributed by atoms with E-state index in [1.165, 1.54) is 12.1 Å². The first-order chi connectivity index (χ1) is 14.9. The molecule has 2 aromatic carbocycles. The third kappa shape index (κ3) is 6.10. The summed E-state index contributed by atoms with van der Waals surface area (Å²) in [6.07, 6.45) is 0.258. The van der Waals surface area contributed by atoms with Crippen molar-refractivity contribution in [2.24, 2.45) is 11.8 Å². The van der Waals surface area contributed by atoms with Crippen molar-refractivity contribution in [1.29, 1.82) is 0 Å². The van der Waals surface area contributed by atoms with Crippen LogP contribution in [0.15, 0.2) is 67.1 Å². The minimum Gasteiger partial charge on any atom is -0.485 e. The van der Waals surface area contributed by atoms with E-state index in [0.717, 1.165) is 36.2 Å². The molecule has 4 nitrogen and oxygen atoms in total. The van der Waals surface area contributed by atoms with E-state index in [1.807, 2.05) is 30.3 Å².